The van der Waals surface area contributed by atoms with E-state index >= 15 is 0 Å². The van der Waals surface area contributed by atoms with Crippen LogP contribution >= 0.6 is 0 Å². The molecular weight excluding hydrogens is 302 g/mol. The number of aryl methyl sites for hydroxylation is 1. The number of hydrogen-bond donors (Lipinski definition) is 2. The number of rotatable bonds is 4. The number of aliphatic hydroxyl groups excluding tert-OH is 2. The van der Waals surface area contributed by atoms with Crippen molar-refractivity contribution >= 4 is 0 Å². The zero-order valence-corrected chi connectivity index (χ0v) is 13.8. The Morgan fingerprint density at radius 1 is 1.21 bits per heavy atom. The molecule has 0 bridgehead atoms. The standard InChI is InChI=1S/C19H23N3O2/c1-13-7-21-15(8-20-13)9-22-10-17(24)19(12-22)16(11-23)18(19)14-5-3-2-4-6-14/h2-8,16-18,23-24H,9-12H2,1H3/t16-,17+,18-,19-/m1/s1. The number of nitrogens with zero attached hydrogens (tertiary/aromatic N) is 3. The Morgan fingerprint density at radius 2 is 2.00 bits per heavy atom. The predicted molar refractivity (Wildman–Crippen MR) is 90.2 cm³/mol. The van der Waals surface area contributed by atoms with Crippen LogP contribution in [-0.4, -0.2) is 50.9 Å². The van der Waals surface area contributed by atoms with Crippen LogP contribution in [0.2, 0.25) is 0 Å². The summed E-state index contributed by atoms with van der Waals surface area (Å²) >= 11 is 0. The highest BCUT2D eigenvalue weighted by Crippen LogP contribution is 2.68. The molecule has 1 aliphatic heterocycles. The van der Waals surface area contributed by atoms with Gasteiger partial charge in [0.05, 0.1) is 17.5 Å². The van der Waals surface area contributed by atoms with E-state index in [4.69, 9.17) is 0 Å². The van der Waals surface area contributed by atoms with Crippen molar-refractivity contribution in [3.8, 4) is 0 Å². The van der Waals surface area contributed by atoms with Gasteiger partial charge >= 0.3 is 0 Å². The van der Waals surface area contributed by atoms with Crippen LogP contribution in [0.25, 0.3) is 0 Å². The minimum absolute atomic E-state index is 0.120. The maximum absolute atomic E-state index is 10.8. The van der Waals surface area contributed by atoms with Gasteiger partial charge in [-0.05, 0) is 24.3 Å². The van der Waals surface area contributed by atoms with Gasteiger partial charge in [-0.1, -0.05) is 30.3 Å². The molecule has 2 heterocycles. The lowest BCUT2D eigenvalue weighted by Crippen LogP contribution is -2.23. The number of aliphatic hydroxyl groups is 2. The molecular formula is C19H23N3O2. The van der Waals surface area contributed by atoms with E-state index in [0.29, 0.717) is 13.1 Å². The first-order valence-corrected chi connectivity index (χ1v) is 8.49. The van der Waals surface area contributed by atoms with Crippen LogP contribution in [0.4, 0.5) is 0 Å². The second-order valence-electron chi connectivity index (χ2n) is 7.12. The van der Waals surface area contributed by atoms with Gasteiger partial charge < -0.3 is 10.2 Å². The fourth-order valence-corrected chi connectivity index (χ4v) is 4.51. The minimum Gasteiger partial charge on any atom is -0.396 e. The number of aromatic nitrogens is 2. The van der Waals surface area contributed by atoms with Crippen molar-refractivity contribution in [2.75, 3.05) is 19.7 Å². The molecule has 1 aromatic carbocycles. The van der Waals surface area contributed by atoms with Crippen LogP contribution < -0.4 is 0 Å². The third-order valence-electron chi connectivity index (χ3n) is 5.69. The van der Waals surface area contributed by atoms with Crippen molar-refractivity contribution in [2.24, 2.45) is 11.3 Å². The van der Waals surface area contributed by atoms with E-state index in [1.807, 2.05) is 25.1 Å². The van der Waals surface area contributed by atoms with Crippen LogP contribution in [0.5, 0.6) is 0 Å². The lowest BCUT2D eigenvalue weighted by atomic mass is 9.95. The molecule has 24 heavy (non-hydrogen) atoms. The molecule has 4 rings (SSSR count). The third-order valence-corrected chi connectivity index (χ3v) is 5.69. The van der Waals surface area contributed by atoms with Gasteiger partial charge in [-0.2, -0.15) is 0 Å². The lowest BCUT2D eigenvalue weighted by molar-refractivity contribution is 0.111. The Hall–Kier alpha value is -1.82. The molecule has 5 heteroatoms. The summed E-state index contributed by atoms with van der Waals surface area (Å²) in [5.41, 5.74) is 2.81. The summed E-state index contributed by atoms with van der Waals surface area (Å²) < 4.78 is 0. The normalized spacial score (nSPS) is 32.4. The Bertz CT molecular complexity index is 706. The second kappa shape index (κ2) is 5.92. The molecule has 2 fully saturated rings. The van der Waals surface area contributed by atoms with Crippen molar-refractivity contribution in [1.82, 2.24) is 14.9 Å². The van der Waals surface area contributed by atoms with Gasteiger partial charge in [0.25, 0.3) is 0 Å². The highest BCUT2D eigenvalue weighted by Gasteiger charge is 2.70. The summed E-state index contributed by atoms with van der Waals surface area (Å²) in [5.74, 6) is 0.358. The van der Waals surface area contributed by atoms with Crippen molar-refractivity contribution in [2.45, 2.75) is 25.5 Å². The monoisotopic (exact) mass is 325 g/mol. The predicted octanol–water partition coefficient (Wildman–Crippen LogP) is 1.35. The fraction of sp³-hybridized carbons (Fsp3) is 0.474. The zero-order valence-electron chi connectivity index (χ0n) is 13.8. The third kappa shape index (κ3) is 2.44. The maximum Gasteiger partial charge on any atom is 0.0745 e. The van der Waals surface area contributed by atoms with Crippen molar-refractivity contribution in [1.29, 1.82) is 0 Å². The van der Waals surface area contributed by atoms with Crippen LogP contribution in [0, 0.1) is 18.3 Å². The van der Waals surface area contributed by atoms with Gasteiger partial charge in [-0.15, -0.1) is 0 Å². The quantitative estimate of drug-likeness (QED) is 0.888. The van der Waals surface area contributed by atoms with Gasteiger partial charge in [0.2, 0.25) is 0 Å². The number of hydrogen-bond acceptors (Lipinski definition) is 5. The Morgan fingerprint density at radius 3 is 2.67 bits per heavy atom. The number of benzene rings is 1. The molecule has 1 saturated carbocycles. The van der Waals surface area contributed by atoms with E-state index in [1.54, 1.807) is 12.4 Å². The summed E-state index contributed by atoms with van der Waals surface area (Å²) in [7, 11) is 0. The summed E-state index contributed by atoms with van der Waals surface area (Å²) in [5, 5.41) is 20.6. The maximum atomic E-state index is 10.8. The molecule has 1 aromatic heterocycles. The first kappa shape index (κ1) is 15.7. The van der Waals surface area contributed by atoms with Crippen LogP contribution in [0.3, 0.4) is 0 Å². The molecule has 1 aliphatic carbocycles. The van der Waals surface area contributed by atoms with Crippen LogP contribution in [-0.2, 0) is 6.54 Å². The van der Waals surface area contributed by atoms with Crippen LogP contribution in [0.15, 0.2) is 42.7 Å². The summed E-state index contributed by atoms with van der Waals surface area (Å²) in [6.07, 6.45) is 3.16. The van der Waals surface area contributed by atoms with E-state index in [2.05, 4.69) is 27.0 Å². The molecule has 1 saturated heterocycles. The minimum atomic E-state index is -0.418. The highest BCUT2D eigenvalue weighted by atomic mass is 16.3. The molecule has 1 spiro atoms. The van der Waals surface area contributed by atoms with E-state index in [-0.39, 0.29) is 23.9 Å². The van der Waals surface area contributed by atoms with Gasteiger partial charge in [0.15, 0.2) is 0 Å². The SMILES string of the molecule is Cc1cnc(CN2C[C@H](O)[C@@]3(C2)[C@H](CO)[C@H]3c2ccccc2)cn1. The molecule has 2 aliphatic rings. The van der Waals surface area contributed by atoms with E-state index in [0.717, 1.165) is 17.9 Å². The number of β-amino-alcohol motifs (C(OH)–C–C–N with tert-alkyl or cyclic N) is 1. The molecule has 0 unspecified atom stereocenters. The molecule has 2 N–H and O–H groups in total. The van der Waals surface area contributed by atoms with Crippen molar-refractivity contribution in [3.63, 3.8) is 0 Å². The lowest BCUT2D eigenvalue weighted by Gasteiger charge is -2.16. The Labute approximate surface area is 142 Å². The van der Waals surface area contributed by atoms with E-state index < -0.39 is 6.10 Å². The molecule has 0 amide bonds. The summed E-state index contributed by atoms with van der Waals surface area (Å²) in [4.78, 5) is 10.9. The summed E-state index contributed by atoms with van der Waals surface area (Å²) in [6.45, 7) is 4.14. The smallest absolute Gasteiger partial charge is 0.0745 e. The number of likely N-dealkylation sites (tertiary alicyclic amines) is 1. The Balaban J connectivity index is 1.53. The molecule has 4 atom stereocenters. The average molecular weight is 325 g/mol. The van der Waals surface area contributed by atoms with E-state index in [1.165, 1.54) is 5.56 Å². The van der Waals surface area contributed by atoms with Gasteiger partial charge in [-0.25, -0.2) is 0 Å². The highest BCUT2D eigenvalue weighted by molar-refractivity contribution is 5.36. The molecule has 0 radical (unpaired) electrons. The van der Waals surface area contributed by atoms with Crippen molar-refractivity contribution < 1.29 is 10.2 Å². The average Bonchev–Trinajstić information content (AvgIpc) is 3.14. The molecule has 126 valence electrons. The topological polar surface area (TPSA) is 69.5 Å². The van der Waals surface area contributed by atoms with Gasteiger partial charge in [0.1, 0.15) is 0 Å². The van der Waals surface area contributed by atoms with Gasteiger partial charge in [-0.3, -0.25) is 14.9 Å². The largest absolute Gasteiger partial charge is 0.396 e. The van der Waals surface area contributed by atoms with E-state index in [9.17, 15) is 10.2 Å². The first-order valence-electron chi connectivity index (χ1n) is 8.49. The molecule has 2 aromatic rings. The molecule has 5 nitrogen and oxygen atoms in total. The fourth-order valence-electron chi connectivity index (χ4n) is 4.51. The van der Waals surface area contributed by atoms with Crippen molar-refractivity contribution in [3.05, 3.63) is 59.7 Å². The second-order valence-corrected chi connectivity index (χ2v) is 7.12. The van der Waals surface area contributed by atoms with Gasteiger partial charge in [0, 0.05) is 44.0 Å². The zero-order chi connectivity index (χ0) is 16.7. The van der Waals surface area contributed by atoms with Crippen LogP contribution in [0.1, 0.15) is 22.9 Å². The Kier molecular flexibility index (Phi) is 3.87. The first-order chi connectivity index (χ1) is 11.6. The summed E-state index contributed by atoms with van der Waals surface area (Å²) in [6, 6.07) is 10.2.